The van der Waals surface area contributed by atoms with Crippen LogP contribution in [0.5, 0.6) is 5.75 Å². The molecule has 0 bridgehead atoms. The van der Waals surface area contributed by atoms with E-state index in [1.54, 1.807) is 7.11 Å². The molecule has 0 unspecified atom stereocenters. The summed E-state index contributed by atoms with van der Waals surface area (Å²) in [5, 5.41) is 4.78. The van der Waals surface area contributed by atoms with Crippen molar-refractivity contribution in [2.75, 3.05) is 7.11 Å². The van der Waals surface area contributed by atoms with Crippen LogP contribution in [0.1, 0.15) is 0 Å². The van der Waals surface area contributed by atoms with Gasteiger partial charge in [-0.15, -0.1) is 0 Å². The second-order valence-corrected chi connectivity index (χ2v) is 8.10. The second-order valence-electron chi connectivity index (χ2n) is 8.10. The third-order valence-corrected chi connectivity index (χ3v) is 6.14. The summed E-state index contributed by atoms with van der Waals surface area (Å²) >= 11 is 0. The van der Waals surface area contributed by atoms with E-state index in [1.807, 2.05) is 18.2 Å². The Labute approximate surface area is 192 Å². The minimum Gasteiger partial charge on any atom is -0.497 e. The van der Waals surface area contributed by atoms with Crippen molar-refractivity contribution in [1.82, 2.24) is 9.97 Å². The second kappa shape index (κ2) is 7.95. The van der Waals surface area contributed by atoms with E-state index >= 15 is 0 Å². The zero-order chi connectivity index (χ0) is 22.2. The molecule has 0 radical (unpaired) electrons. The molecule has 0 atom stereocenters. The molecule has 33 heavy (non-hydrogen) atoms. The van der Waals surface area contributed by atoms with Crippen molar-refractivity contribution < 1.29 is 4.74 Å². The summed E-state index contributed by atoms with van der Waals surface area (Å²) in [6, 6.07) is 37.7. The first-order valence-electron chi connectivity index (χ1n) is 11.0. The molecule has 6 aromatic rings. The van der Waals surface area contributed by atoms with Crippen LogP contribution in [-0.2, 0) is 0 Å². The lowest BCUT2D eigenvalue weighted by Crippen LogP contribution is -1.87. The highest BCUT2D eigenvalue weighted by Gasteiger charge is 2.18. The number of fused-ring (bicyclic) bond motifs is 2. The van der Waals surface area contributed by atoms with Crippen LogP contribution >= 0.6 is 0 Å². The SMILES string of the molecule is COc1ccc(-c2[nH]c(-c3c4ccccc4cc4ccccc34)nc2-c2ccccc2)cc1. The molecule has 0 aliphatic carbocycles. The van der Waals surface area contributed by atoms with Crippen LogP contribution < -0.4 is 4.74 Å². The number of H-pyrrole nitrogens is 1. The molecule has 0 aliphatic heterocycles. The molecule has 1 aromatic heterocycles. The number of aromatic nitrogens is 2. The van der Waals surface area contributed by atoms with E-state index in [0.717, 1.165) is 39.7 Å². The van der Waals surface area contributed by atoms with Gasteiger partial charge < -0.3 is 9.72 Å². The highest BCUT2D eigenvalue weighted by atomic mass is 16.5. The number of methoxy groups -OCH3 is 1. The quantitative estimate of drug-likeness (QED) is 0.293. The Kier molecular flexibility index (Phi) is 4.66. The van der Waals surface area contributed by atoms with Gasteiger partial charge in [0.1, 0.15) is 11.6 Å². The first-order chi connectivity index (χ1) is 16.3. The lowest BCUT2D eigenvalue weighted by atomic mass is 9.96. The summed E-state index contributed by atoms with van der Waals surface area (Å²) in [6.07, 6.45) is 0. The van der Waals surface area contributed by atoms with E-state index in [0.29, 0.717) is 0 Å². The van der Waals surface area contributed by atoms with Crippen molar-refractivity contribution in [3.05, 3.63) is 109 Å². The first kappa shape index (κ1) is 19.3. The lowest BCUT2D eigenvalue weighted by Gasteiger charge is -2.09. The zero-order valence-electron chi connectivity index (χ0n) is 18.2. The van der Waals surface area contributed by atoms with Gasteiger partial charge in [-0.2, -0.15) is 0 Å². The van der Waals surface area contributed by atoms with Crippen LogP contribution in [0.3, 0.4) is 0 Å². The van der Waals surface area contributed by atoms with Crippen molar-refractivity contribution in [1.29, 1.82) is 0 Å². The number of benzene rings is 5. The molecule has 6 rings (SSSR count). The number of rotatable bonds is 4. The number of hydrogen-bond donors (Lipinski definition) is 1. The molecular formula is C30H22N2O. The van der Waals surface area contributed by atoms with Gasteiger partial charge >= 0.3 is 0 Å². The fourth-order valence-corrected chi connectivity index (χ4v) is 4.53. The highest BCUT2D eigenvalue weighted by Crippen LogP contribution is 2.39. The van der Waals surface area contributed by atoms with Crippen LogP contribution in [0.4, 0.5) is 0 Å². The molecule has 0 saturated heterocycles. The van der Waals surface area contributed by atoms with E-state index in [-0.39, 0.29) is 0 Å². The summed E-state index contributed by atoms with van der Waals surface area (Å²) < 4.78 is 5.37. The Balaban J connectivity index is 1.66. The molecule has 0 amide bonds. The molecule has 158 valence electrons. The van der Waals surface area contributed by atoms with E-state index in [9.17, 15) is 0 Å². The number of nitrogens with zero attached hydrogens (tertiary/aromatic N) is 1. The highest BCUT2D eigenvalue weighted by molar-refractivity contribution is 6.12. The molecule has 0 spiro atoms. The van der Waals surface area contributed by atoms with Gasteiger partial charge in [0.2, 0.25) is 0 Å². The summed E-state index contributed by atoms with van der Waals surface area (Å²) in [6.45, 7) is 0. The maximum absolute atomic E-state index is 5.37. The van der Waals surface area contributed by atoms with Crippen molar-refractivity contribution in [2.45, 2.75) is 0 Å². The van der Waals surface area contributed by atoms with E-state index in [2.05, 4.69) is 96.0 Å². The molecule has 5 aromatic carbocycles. The first-order valence-corrected chi connectivity index (χ1v) is 11.0. The summed E-state index contributed by atoms with van der Waals surface area (Å²) in [7, 11) is 1.68. The number of ether oxygens (including phenoxy) is 1. The maximum atomic E-state index is 5.37. The average molecular weight is 427 g/mol. The molecule has 0 aliphatic rings. The molecule has 1 heterocycles. The van der Waals surface area contributed by atoms with Gasteiger partial charge in [0, 0.05) is 16.7 Å². The third-order valence-electron chi connectivity index (χ3n) is 6.14. The predicted octanol–water partition coefficient (Wildman–Crippen LogP) is 7.73. The van der Waals surface area contributed by atoms with Gasteiger partial charge in [0.25, 0.3) is 0 Å². The molecular weight excluding hydrogens is 404 g/mol. The summed E-state index contributed by atoms with van der Waals surface area (Å²) in [5.74, 6) is 1.70. The fourth-order valence-electron chi connectivity index (χ4n) is 4.53. The van der Waals surface area contributed by atoms with Gasteiger partial charge in [-0.1, -0.05) is 78.9 Å². The van der Waals surface area contributed by atoms with E-state index in [4.69, 9.17) is 9.72 Å². The Morgan fingerprint density at radius 2 is 1.24 bits per heavy atom. The summed E-state index contributed by atoms with van der Waals surface area (Å²) in [4.78, 5) is 8.87. The van der Waals surface area contributed by atoms with Gasteiger partial charge in [-0.05, 0) is 51.9 Å². The van der Waals surface area contributed by atoms with Gasteiger partial charge in [-0.25, -0.2) is 4.98 Å². The number of hydrogen-bond acceptors (Lipinski definition) is 2. The third kappa shape index (κ3) is 3.35. The van der Waals surface area contributed by atoms with E-state index < -0.39 is 0 Å². The minimum atomic E-state index is 0.833. The van der Waals surface area contributed by atoms with Crippen molar-refractivity contribution in [3.8, 4) is 39.7 Å². The zero-order valence-corrected chi connectivity index (χ0v) is 18.2. The van der Waals surface area contributed by atoms with Gasteiger partial charge in [-0.3, -0.25) is 0 Å². The van der Waals surface area contributed by atoms with Crippen molar-refractivity contribution in [2.24, 2.45) is 0 Å². The molecule has 0 saturated carbocycles. The normalized spacial score (nSPS) is 11.2. The summed E-state index contributed by atoms with van der Waals surface area (Å²) in [5.41, 5.74) is 5.21. The Morgan fingerprint density at radius 3 is 1.88 bits per heavy atom. The van der Waals surface area contributed by atoms with Crippen LogP contribution in [-0.4, -0.2) is 17.1 Å². The van der Waals surface area contributed by atoms with Gasteiger partial charge in [0.15, 0.2) is 0 Å². The van der Waals surface area contributed by atoms with Crippen LogP contribution in [0, 0.1) is 0 Å². The van der Waals surface area contributed by atoms with Crippen LogP contribution in [0.2, 0.25) is 0 Å². The predicted molar refractivity (Wildman–Crippen MR) is 136 cm³/mol. The molecule has 0 fully saturated rings. The topological polar surface area (TPSA) is 37.9 Å². The van der Waals surface area contributed by atoms with E-state index in [1.165, 1.54) is 21.5 Å². The monoisotopic (exact) mass is 426 g/mol. The average Bonchev–Trinajstić information content (AvgIpc) is 3.33. The Hall–Kier alpha value is -4.37. The Bertz CT molecular complexity index is 1530. The van der Waals surface area contributed by atoms with Crippen molar-refractivity contribution in [3.63, 3.8) is 0 Å². The molecule has 1 N–H and O–H groups in total. The van der Waals surface area contributed by atoms with Crippen molar-refractivity contribution >= 4 is 21.5 Å². The lowest BCUT2D eigenvalue weighted by molar-refractivity contribution is 0.415. The smallest absolute Gasteiger partial charge is 0.139 e. The minimum absolute atomic E-state index is 0.833. The largest absolute Gasteiger partial charge is 0.497 e. The molecule has 3 heteroatoms. The fraction of sp³-hybridized carbons (Fsp3) is 0.0333. The maximum Gasteiger partial charge on any atom is 0.139 e. The number of aromatic amines is 1. The Morgan fingerprint density at radius 1 is 0.636 bits per heavy atom. The number of nitrogens with one attached hydrogen (secondary N) is 1. The molecule has 3 nitrogen and oxygen atoms in total. The van der Waals surface area contributed by atoms with Gasteiger partial charge in [0.05, 0.1) is 18.5 Å². The standard InChI is InChI=1S/C30H22N2O/c1-33-24-17-15-21(16-18-24)29-28(20-9-3-2-4-10-20)31-30(32-29)27-25-13-7-5-11-22(25)19-23-12-6-8-14-26(23)27/h2-19H,1H3,(H,31,32). The number of imidazole rings is 1. The van der Waals surface area contributed by atoms with Crippen LogP contribution in [0.25, 0.3) is 55.4 Å². The van der Waals surface area contributed by atoms with Crippen LogP contribution in [0.15, 0.2) is 109 Å².